The van der Waals surface area contributed by atoms with Crippen LogP contribution < -0.4 is 21.5 Å². The molecule has 0 N–H and O–H groups in total. The van der Waals surface area contributed by atoms with E-state index in [0.717, 1.165) is 11.3 Å². The Bertz CT molecular complexity index is 1090. The Kier molecular flexibility index (Phi) is 3.85. The molecule has 0 unspecified atom stereocenters. The summed E-state index contributed by atoms with van der Waals surface area (Å²) in [5, 5.41) is 2.39. The van der Waals surface area contributed by atoms with E-state index < -0.39 is 0 Å². The zero-order chi connectivity index (χ0) is 16.1. The molecule has 0 atom stereocenters. The van der Waals surface area contributed by atoms with Crippen LogP contribution in [0, 0.1) is 5.82 Å². The number of halogens is 2. The molecule has 2 aromatic heterocycles. The SMILES string of the molecule is Fc1ccc(C[n+]2ccc3ccnc4c3c2-c2ccccc2-4)cc1.[Br-]. The van der Waals surface area contributed by atoms with Gasteiger partial charge >= 0.3 is 0 Å². The molecule has 0 saturated heterocycles. The lowest BCUT2D eigenvalue weighted by Gasteiger charge is -2.05. The number of aromatic nitrogens is 2. The third-order valence-electron chi connectivity index (χ3n) is 4.64. The Morgan fingerprint density at radius 2 is 1.64 bits per heavy atom. The zero-order valence-electron chi connectivity index (χ0n) is 13.3. The van der Waals surface area contributed by atoms with E-state index in [1.807, 2.05) is 18.3 Å². The Balaban J connectivity index is 0.00000157. The van der Waals surface area contributed by atoms with Gasteiger partial charge in [-0.3, -0.25) is 4.98 Å². The van der Waals surface area contributed by atoms with Crippen LogP contribution in [0.5, 0.6) is 0 Å². The van der Waals surface area contributed by atoms with Crippen molar-refractivity contribution in [2.24, 2.45) is 0 Å². The van der Waals surface area contributed by atoms with E-state index in [1.165, 1.54) is 39.7 Å². The summed E-state index contributed by atoms with van der Waals surface area (Å²) in [6.07, 6.45) is 3.97. The summed E-state index contributed by atoms with van der Waals surface area (Å²) in [7, 11) is 0. The van der Waals surface area contributed by atoms with Gasteiger partial charge < -0.3 is 17.0 Å². The maximum atomic E-state index is 13.2. The average Bonchev–Trinajstić information content (AvgIpc) is 2.96. The van der Waals surface area contributed by atoms with Gasteiger partial charge in [-0.25, -0.2) is 4.39 Å². The fourth-order valence-corrected chi connectivity index (χ4v) is 3.56. The first kappa shape index (κ1) is 15.9. The predicted octanol–water partition coefficient (Wildman–Crippen LogP) is 1.36. The summed E-state index contributed by atoms with van der Waals surface area (Å²) in [5.74, 6) is -0.205. The van der Waals surface area contributed by atoms with Crippen molar-refractivity contribution in [1.29, 1.82) is 0 Å². The number of hydrogen-bond acceptors (Lipinski definition) is 1. The van der Waals surface area contributed by atoms with Crippen LogP contribution in [0.4, 0.5) is 4.39 Å². The van der Waals surface area contributed by atoms with E-state index >= 15 is 0 Å². The van der Waals surface area contributed by atoms with Crippen LogP contribution >= 0.6 is 0 Å². The fraction of sp³-hybridized carbons (Fsp3) is 0.0476. The van der Waals surface area contributed by atoms with Crippen LogP contribution in [0.2, 0.25) is 0 Å². The second kappa shape index (κ2) is 6.05. The molecule has 1 aliphatic carbocycles. The van der Waals surface area contributed by atoms with Crippen molar-refractivity contribution in [2.45, 2.75) is 6.54 Å². The largest absolute Gasteiger partial charge is 1.00 e. The van der Waals surface area contributed by atoms with Crippen LogP contribution in [0.1, 0.15) is 5.56 Å². The third-order valence-corrected chi connectivity index (χ3v) is 4.64. The normalized spacial score (nSPS) is 11.2. The van der Waals surface area contributed by atoms with Gasteiger partial charge in [0.15, 0.2) is 12.7 Å². The molecule has 0 spiro atoms. The second-order valence-electron chi connectivity index (χ2n) is 6.09. The average molecular weight is 393 g/mol. The molecule has 122 valence electrons. The van der Waals surface area contributed by atoms with Crippen LogP contribution in [0.15, 0.2) is 73.1 Å². The standard InChI is InChI=1S/C21H14FN2.BrH/c22-16-7-5-14(6-8-16)13-24-12-10-15-9-11-23-20-17-3-1-2-4-18(17)21(24)19(15)20;/h1-12H,13H2;1H/q+1;/p-1. The minimum Gasteiger partial charge on any atom is -1.00 e. The summed E-state index contributed by atoms with van der Waals surface area (Å²) >= 11 is 0. The highest BCUT2D eigenvalue weighted by molar-refractivity contribution is 6.11. The minimum absolute atomic E-state index is 0. The summed E-state index contributed by atoms with van der Waals surface area (Å²) in [6.45, 7) is 0.703. The van der Waals surface area contributed by atoms with Crippen molar-refractivity contribution in [3.8, 4) is 22.5 Å². The Morgan fingerprint density at radius 3 is 2.44 bits per heavy atom. The molecule has 1 aliphatic rings. The molecule has 2 nitrogen and oxygen atoms in total. The Labute approximate surface area is 155 Å². The Morgan fingerprint density at radius 1 is 0.880 bits per heavy atom. The molecule has 0 fully saturated rings. The smallest absolute Gasteiger partial charge is 0.223 e. The molecule has 0 amide bonds. The number of hydrogen-bond donors (Lipinski definition) is 0. The van der Waals surface area contributed by atoms with Gasteiger partial charge in [-0.15, -0.1) is 0 Å². The summed E-state index contributed by atoms with van der Waals surface area (Å²) < 4.78 is 15.4. The van der Waals surface area contributed by atoms with Gasteiger partial charge in [0.25, 0.3) is 0 Å². The number of benzene rings is 2. The van der Waals surface area contributed by atoms with E-state index in [4.69, 9.17) is 0 Å². The van der Waals surface area contributed by atoms with Gasteiger partial charge in [0.1, 0.15) is 5.82 Å². The second-order valence-corrected chi connectivity index (χ2v) is 6.09. The van der Waals surface area contributed by atoms with E-state index in [1.54, 1.807) is 0 Å². The van der Waals surface area contributed by atoms with E-state index in [0.29, 0.717) is 6.54 Å². The molecule has 25 heavy (non-hydrogen) atoms. The predicted molar refractivity (Wildman–Crippen MR) is 91.9 cm³/mol. The first-order chi connectivity index (χ1) is 11.8. The topological polar surface area (TPSA) is 16.8 Å². The highest BCUT2D eigenvalue weighted by atomic mass is 79.9. The lowest BCUT2D eigenvalue weighted by Crippen LogP contribution is -3.00. The Hall–Kier alpha value is -2.59. The van der Waals surface area contributed by atoms with E-state index in [2.05, 4.69) is 52.1 Å². The molecule has 2 heterocycles. The van der Waals surface area contributed by atoms with Crippen molar-refractivity contribution in [2.75, 3.05) is 0 Å². The zero-order valence-corrected chi connectivity index (χ0v) is 14.9. The van der Waals surface area contributed by atoms with Crippen molar-refractivity contribution >= 4 is 10.8 Å². The fourth-order valence-electron chi connectivity index (χ4n) is 3.56. The first-order valence-corrected chi connectivity index (χ1v) is 7.97. The van der Waals surface area contributed by atoms with E-state index in [9.17, 15) is 4.39 Å². The summed E-state index contributed by atoms with van der Waals surface area (Å²) in [4.78, 5) is 4.62. The summed E-state index contributed by atoms with van der Waals surface area (Å²) in [6, 6.07) is 19.3. The molecule has 0 aliphatic heterocycles. The first-order valence-electron chi connectivity index (χ1n) is 7.97. The van der Waals surface area contributed by atoms with Gasteiger partial charge in [-0.05, 0) is 41.8 Å². The molecular weight excluding hydrogens is 379 g/mol. The van der Waals surface area contributed by atoms with Gasteiger partial charge in [0, 0.05) is 23.4 Å². The van der Waals surface area contributed by atoms with Crippen LogP contribution in [-0.2, 0) is 6.54 Å². The van der Waals surface area contributed by atoms with Crippen LogP contribution in [0.25, 0.3) is 33.3 Å². The third kappa shape index (κ3) is 2.45. The van der Waals surface area contributed by atoms with E-state index in [-0.39, 0.29) is 22.8 Å². The van der Waals surface area contributed by atoms with Crippen molar-refractivity contribution in [3.05, 3.63) is 84.4 Å². The van der Waals surface area contributed by atoms with Gasteiger partial charge in [-0.1, -0.05) is 18.2 Å². The minimum atomic E-state index is -0.205. The van der Waals surface area contributed by atoms with Crippen molar-refractivity contribution < 1.29 is 25.9 Å². The highest BCUT2D eigenvalue weighted by Gasteiger charge is 2.30. The number of rotatable bonds is 2. The molecule has 5 rings (SSSR count). The molecule has 0 saturated carbocycles. The molecule has 4 aromatic rings. The number of pyridine rings is 2. The number of fused-ring (bicyclic) bond motifs is 3. The molecular formula is C21H14BrFN2. The lowest BCUT2D eigenvalue weighted by atomic mass is 10.1. The maximum absolute atomic E-state index is 13.2. The summed E-state index contributed by atoms with van der Waals surface area (Å²) in [5.41, 5.74) is 5.70. The molecule has 0 bridgehead atoms. The molecule has 4 heteroatoms. The van der Waals surface area contributed by atoms with Gasteiger partial charge in [0.05, 0.1) is 16.6 Å². The number of nitrogens with zero attached hydrogens (tertiary/aromatic N) is 2. The van der Waals surface area contributed by atoms with Crippen molar-refractivity contribution in [1.82, 2.24) is 4.98 Å². The maximum Gasteiger partial charge on any atom is 0.223 e. The molecule has 2 aromatic carbocycles. The lowest BCUT2D eigenvalue weighted by molar-refractivity contribution is -0.676. The monoisotopic (exact) mass is 392 g/mol. The van der Waals surface area contributed by atoms with Crippen LogP contribution in [0.3, 0.4) is 0 Å². The van der Waals surface area contributed by atoms with Crippen molar-refractivity contribution in [3.63, 3.8) is 0 Å². The van der Waals surface area contributed by atoms with Gasteiger partial charge in [-0.2, -0.15) is 4.57 Å². The quantitative estimate of drug-likeness (QED) is 0.414. The molecule has 0 radical (unpaired) electrons. The van der Waals surface area contributed by atoms with Gasteiger partial charge in [0.2, 0.25) is 5.69 Å². The van der Waals surface area contributed by atoms with Crippen LogP contribution in [-0.4, -0.2) is 4.98 Å². The highest BCUT2D eigenvalue weighted by Crippen LogP contribution is 2.43.